The van der Waals surface area contributed by atoms with Gasteiger partial charge in [0, 0.05) is 23.4 Å². The van der Waals surface area contributed by atoms with Crippen LogP contribution in [0.25, 0.3) is 0 Å². The zero-order valence-corrected chi connectivity index (χ0v) is 12.3. The number of hydrogen-bond acceptors (Lipinski definition) is 5. The molecule has 0 fully saturated rings. The molecule has 10 heteroatoms. The summed E-state index contributed by atoms with van der Waals surface area (Å²) in [6.45, 7) is 1.56. The number of carbonyl (C=O) groups is 3. The van der Waals surface area contributed by atoms with E-state index in [0.29, 0.717) is 0 Å². The van der Waals surface area contributed by atoms with Crippen LogP contribution in [0.5, 0.6) is 0 Å². The van der Waals surface area contributed by atoms with Gasteiger partial charge in [-0.1, -0.05) is 15.9 Å². The number of hydrogen-bond donors (Lipinski definition) is 3. The number of nitrogens with zero attached hydrogens (tertiary/aromatic N) is 1. The predicted molar refractivity (Wildman–Crippen MR) is 77.2 cm³/mol. The molecule has 0 bridgehead atoms. The van der Waals surface area contributed by atoms with Gasteiger partial charge in [0.05, 0.1) is 9.75 Å². The lowest BCUT2D eigenvalue weighted by Crippen LogP contribution is -2.35. The van der Waals surface area contributed by atoms with Crippen molar-refractivity contribution in [2.75, 3.05) is 5.32 Å². The Hall–Kier alpha value is -2.49. The monoisotopic (exact) mass is 358 g/mol. The summed E-state index contributed by atoms with van der Waals surface area (Å²) in [6, 6.07) is 2.16. The number of imide groups is 1. The molecule has 1 aromatic carbocycles. The minimum atomic E-state index is -1.09. The molecular formula is C11H11BrN4O5. The minimum Gasteiger partial charge on any atom is -0.351 e. The second kappa shape index (κ2) is 6.79. The van der Waals surface area contributed by atoms with Gasteiger partial charge in [-0.25, -0.2) is 4.79 Å². The maximum Gasteiger partial charge on any atom is 0.319 e. The van der Waals surface area contributed by atoms with Gasteiger partial charge in [0.2, 0.25) is 5.91 Å². The number of amides is 4. The Balaban J connectivity index is 3.17. The zero-order chi connectivity index (χ0) is 16.2. The van der Waals surface area contributed by atoms with Gasteiger partial charge in [0.15, 0.2) is 0 Å². The predicted octanol–water partition coefficient (Wildman–Crippen LogP) is 1.13. The van der Waals surface area contributed by atoms with Gasteiger partial charge >= 0.3 is 6.03 Å². The smallest absolute Gasteiger partial charge is 0.319 e. The summed E-state index contributed by atoms with van der Waals surface area (Å²) in [6.07, 6.45) is 0. The summed E-state index contributed by atoms with van der Waals surface area (Å²) >= 11 is 3.04. The first-order valence-corrected chi connectivity index (χ1v) is 6.47. The maximum absolute atomic E-state index is 11.6. The van der Waals surface area contributed by atoms with Gasteiger partial charge in [-0.05, 0) is 13.0 Å². The molecular weight excluding hydrogens is 348 g/mol. The number of carbonyl (C=O) groups excluding carboxylic acids is 3. The van der Waals surface area contributed by atoms with Crippen molar-refractivity contribution in [3.63, 3.8) is 0 Å². The van der Waals surface area contributed by atoms with Gasteiger partial charge in [-0.15, -0.1) is 0 Å². The summed E-state index contributed by atoms with van der Waals surface area (Å²) in [7, 11) is 0. The molecule has 0 radical (unpaired) electrons. The normalized spacial score (nSPS) is 11.3. The number of halogens is 1. The van der Waals surface area contributed by atoms with E-state index in [4.69, 9.17) is 5.73 Å². The Labute approximate surface area is 127 Å². The van der Waals surface area contributed by atoms with E-state index in [2.05, 4.69) is 21.2 Å². The average Bonchev–Trinajstić information content (AvgIpc) is 2.37. The molecule has 1 atom stereocenters. The van der Waals surface area contributed by atoms with Crippen LogP contribution < -0.4 is 16.4 Å². The first-order valence-electron chi connectivity index (χ1n) is 5.56. The van der Waals surface area contributed by atoms with Gasteiger partial charge in [-0.2, -0.15) is 0 Å². The molecule has 0 aliphatic carbocycles. The lowest BCUT2D eigenvalue weighted by Gasteiger charge is -2.08. The van der Waals surface area contributed by atoms with Crippen molar-refractivity contribution < 1.29 is 19.3 Å². The maximum atomic E-state index is 11.6. The standard InChI is InChI=1S/C11H11BrN4O5/c1-5(12)9(17)14-7-2-6(10(18)15-11(13)19)3-8(4-7)16(20)21/h2-5H,1H3,(H,14,17)(H3,13,15,18,19)/t5-/m1/s1. The van der Waals surface area contributed by atoms with Crippen molar-refractivity contribution in [3.8, 4) is 0 Å². The summed E-state index contributed by atoms with van der Waals surface area (Å²) in [5, 5.41) is 15.0. The minimum absolute atomic E-state index is 0.0510. The third kappa shape index (κ3) is 4.84. The van der Waals surface area contributed by atoms with E-state index >= 15 is 0 Å². The van der Waals surface area contributed by atoms with Crippen LogP contribution in [0.3, 0.4) is 0 Å². The van der Waals surface area contributed by atoms with Crippen molar-refractivity contribution in [2.45, 2.75) is 11.8 Å². The quantitative estimate of drug-likeness (QED) is 0.419. The van der Waals surface area contributed by atoms with Crippen molar-refractivity contribution >= 4 is 45.2 Å². The second-order valence-corrected chi connectivity index (χ2v) is 5.32. The number of benzene rings is 1. The summed E-state index contributed by atoms with van der Waals surface area (Å²) in [5.41, 5.74) is 4.26. The van der Waals surface area contributed by atoms with Crippen LogP contribution in [0.1, 0.15) is 17.3 Å². The molecule has 112 valence electrons. The molecule has 4 amide bonds. The Morgan fingerprint density at radius 3 is 2.43 bits per heavy atom. The zero-order valence-electron chi connectivity index (χ0n) is 10.8. The fourth-order valence-electron chi connectivity index (χ4n) is 1.35. The number of nitro groups is 1. The highest BCUT2D eigenvalue weighted by Crippen LogP contribution is 2.21. The molecule has 0 heterocycles. The number of non-ortho nitro benzene ring substituents is 1. The van der Waals surface area contributed by atoms with E-state index in [1.807, 2.05) is 0 Å². The fourth-order valence-corrected chi connectivity index (χ4v) is 1.46. The molecule has 0 unspecified atom stereocenters. The van der Waals surface area contributed by atoms with Gasteiger partial charge < -0.3 is 11.1 Å². The van der Waals surface area contributed by atoms with Crippen LogP contribution in [0.2, 0.25) is 0 Å². The van der Waals surface area contributed by atoms with E-state index in [-0.39, 0.29) is 11.3 Å². The largest absolute Gasteiger partial charge is 0.351 e. The SMILES string of the molecule is C[C@@H](Br)C(=O)Nc1cc(C(=O)NC(N)=O)cc([N+](=O)[O-])c1. The number of nitrogens with two attached hydrogens (primary N) is 1. The molecule has 1 aromatic rings. The Morgan fingerprint density at radius 2 is 1.95 bits per heavy atom. The van der Waals surface area contributed by atoms with Crippen LogP contribution in [-0.4, -0.2) is 27.6 Å². The number of rotatable bonds is 4. The van der Waals surface area contributed by atoms with E-state index in [1.54, 1.807) is 12.2 Å². The van der Waals surface area contributed by atoms with Crippen molar-refractivity contribution in [1.29, 1.82) is 0 Å². The molecule has 21 heavy (non-hydrogen) atoms. The van der Waals surface area contributed by atoms with Crippen LogP contribution in [-0.2, 0) is 4.79 Å². The topological polar surface area (TPSA) is 144 Å². The molecule has 0 aromatic heterocycles. The van der Waals surface area contributed by atoms with Crippen LogP contribution in [0.15, 0.2) is 18.2 Å². The summed E-state index contributed by atoms with van der Waals surface area (Å²) < 4.78 is 0. The second-order valence-electron chi connectivity index (χ2n) is 3.95. The van der Waals surface area contributed by atoms with Crippen LogP contribution in [0.4, 0.5) is 16.2 Å². The van der Waals surface area contributed by atoms with Crippen LogP contribution in [0, 0.1) is 10.1 Å². The Kier molecular flexibility index (Phi) is 5.36. The summed E-state index contributed by atoms with van der Waals surface area (Å²) in [5.74, 6) is -1.36. The molecule has 0 aliphatic heterocycles. The van der Waals surface area contributed by atoms with Crippen LogP contribution >= 0.6 is 15.9 Å². The highest BCUT2D eigenvalue weighted by Gasteiger charge is 2.17. The number of nitrogens with one attached hydrogen (secondary N) is 2. The Morgan fingerprint density at radius 1 is 1.33 bits per heavy atom. The molecule has 0 saturated heterocycles. The third-order valence-corrected chi connectivity index (χ3v) is 2.67. The molecule has 9 nitrogen and oxygen atoms in total. The number of alkyl halides is 1. The first kappa shape index (κ1) is 16.6. The van der Waals surface area contributed by atoms with Crippen molar-refractivity contribution in [1.82, 2.24) is 5.32 Å². The third-order valence-electron chi connectivity index (χ3n) is 2.26. The average molecular weight is 359 g/mol. The lowest BCUT2D eigenvalue weighted by atomic mass is 10.1. The highest BCUT2D eigenvalue weighted by atomic mass is 79.9. The van der Waals surface area contributed by atoms with Gasteiger partial charge in [0.25, 0.3) is 11.6 Å². The van der Waals surface area contributed by atoms with Gasteiger partial charge in [0.1, 0.15) is 0 Å². The Bertz CT molecular complexity index is 617. The van der Waals surface area contributed by atoms with Crippen molar-refractivity contribution in [3.05, 3.63) is 33.9 Å². The van der Waals surface area contributed by atoms with E-state index in [1.165, 1.54) is 6.07 Å². The van der Waals surface area contributed by atoms with E-state index in [9.17, 15) is 24.5 Å². The lowest BCUT2D eigenvalue weighted by molar-refractivity contribution is -0.384. The number of anilines is 1. The highest BCUT2D eigenvalue weighted by molar-refractivity contribution is 9.10. The number of urea groups is 1. The fraction of sp³-hybridized carbons (Fsp3) is 0.182. The van der Waals surface area contributed by atoms with E-state index < -0.39 is 33.3 Å². The summed E-state index contributed by atoms with van der Waals surface area (Å²) in [4.78, 5) is 43.4. The number of nitro benzene ring substituents is 1. The van der Waals surface area contributed by atoms with Crippen molar-refractivity contribution in [2.24, 2.45) is 5.73 Å². The van der Waals surface area contributed by atoms with Gasteiger partial charge in [-0.3, -0.25) is 25.0 Å². The molecule has 0 aliphatic rings. The molecule has 0 spiro atoms. The molecule has 0 saturated carbocycles. The first-order chi connectivity index (χ1) is 9.70. The number of primary amides is 1. The molecule has 1 rings (SSSR count). The van der Waals surface area contributed by atoms with E-state index in [0.717, 1.165) is 12.1 Å². The molecule has 4 N–H and O–H groups in total.